The predicted molar refractivity (Wildman–Crippen MR) is 163 cm³/mol. The minimum atomic E-state index is -0.763. The summed E-state index contributed by atoms with van der Waals surface area (Å²) in [5.41, 5.74) is -1.02. The van der Waals surface area contributed by atoms with Crippen molar-refractivity contribution in [2.24, 2.45) is 11.8 Å². The molecule has 222 valence electrons. The van der Waals surface area contributed by atoms with Crippen molar-refractivity contribution in [3.05, 3.63) is 62.0 Å². The lowest BCUT2D eigenvalue weighted by Gasteiger charge is -2.11. The standard InChI is InChI=1S/C16H23NO4.C11H18S.C2H4O2.C2H6/c1-10(2)15(19)14-12(18)9-13(21-16(14)20)11(3)7-5-6-8-17-4;1-4-10-7-8-11(12-10)6-5-9(2)3;1-4-2-3;1-2/h6,8-11,17-18H,5,7H2,1-4H3;7-9H,4-6H2,1-3H3;2H,1H3;1-2H3/b8-6+;;;. The van der Waals surface area contributed by atoms with Crippen molar-refractivity contribution < 1.29 is 23.8 Å². The van der Waals surface area contributed by atoms with Crippen LogP contribution in [0.3, 0.4) is 0 Å². The van der Waals surface area contributed by atoms with Crippen LogP contribution in [0.25, 0.3) is 0 Å². The fourth-order valence-electron chi connectivity index (χ4n) is 3.12. The van der Waals surface area contributed by atoms with E-state index in [2.05, 4.69) is 43.0 Å². The predicted octanol–water partition coefficient (Wildman–Crippen LogP) is 7.52. The molecular formula is C31H51NO6S. The summed E-state index contributed by atoms with van der Waals surface area (Å²) in [7, 11) is 3.13. The molecule has 0 aromatic carbocycles. The Balaban J connectivity index is 0. The Kier molecular flexibility index (Phi) is 22.6. The number of ether oxygens (including phenoxy) is 1. The van der Waals surface area contributed by atoms with Crippen molar-refractivity contribution in [2.75, 3.05) is 14.2 Å². The highest BCUT2D eigenvalue weighted by Crippen LogP contribution is 2.26. The van der Waals surface area contributed by atoms with Crippen LogP contribution in [-0.2, 0) is 22.4 Å². The van der Waals surface area contributed by atoms with E-state index >= 15 is 0 Å². The minimum absolute atomic E-state index is 0.0201. The molecule has 0 radical (unpaired) electrons. The number of hydrogen-bond donors (Lipinski definition) is 2. The number of nitrogens with one attached hydrogen (secondary N) is 1. The lowest BCUT2D eigenvalue weighted by molar-refractivity contribution is -0.126. The molecule has 2 aromatic rings. The molecule has 7 nitrogen and oxygen atoms in total. The van der Waals surface area contributed by atoms with Gasteiger partial charge in [-0.2, -0.15) is 0 Å². The van der Waals surface area contributed by atoms with Crippen molar-refractivity contribution in [2.45, 2.75) is 93.4 Å². The minimum Gasteiger partial charge on any atom is -0.507 e. The van der Waals surface area contributed by atoms with Gasteiger partial charge in [0.15, 0.2) is 5.78 Å². The highest BCUT2D eigenvalue weighted by Gasteiger charge is 2.22. The summed E-state index contributed by atoms with van der Waals surface area (Å²) in [6.07, 6.45) is 9.19. The van der Waals surface area contributed by atoms with E-state index in [0.29, 0.717) is 12.2 Å². The molecule has 0 saturated carbocycles. The molecule has 0 fully saturated rings. The number of thiophene rings is 1. The molecule has 2 rings (SSSR count). The van der Waals surface area contributed by atoms with Crippen molar-refractivity contribution >= 4 is 23.6 Å². The normalized spacial score (nSPS) is 11.0. The van der Waals surface area contributed by atoms with E-state index in [1.807, 2.05) is 51.4 Å². The van der Waals surface area contributed by atoms with Crippen LogP contribution in [0.15, 0.2) is 39.7 Å². The Morgan fingerprint density at radius 1 is 1.13 bits per heavy atom. The molecule has 2 N–H and O–H groups in total. The molecule has 2 aromatic heterocycles. The number of hydrogen-bond acceptors (Lipinski definition) is 8. The van der Waals surface area contributed by atoms with Crippen molar-refractivity contribution in [1.29, 1.82) is 0 Å². The number of aromatic hydroxyl groups is 1. The number of ketones is 1. The van der Waals surface area contributed by atoms with E-state index < -0.39 is 11.4 Å². The van der Waals surface area contributed by atoms with Crippen LogP contribution >= 0.6 is 11.3 Å². The van der Waals surface area contributed by atoms with Gasteiger partial charge >= 0.3 is 5.63 Å². The first-order valence-electron chi connectivity index (χ1n) is 13.8. The third-order valence-electron chi connectivity index (χ3n) is 5.39. The van der Waals surface area contributed by atoms with Crippen molar-refractivity contribution in [1.82, 2.24) is 5.32 Å². The second kappa shape index (κ2) is 23.1. The molecule has 0 bridgehead atoms. The maximum Gasteiger partial charge on any atom is 0.350 e. The zero-order valence-electron chi connectivity index (χ0n) is 25.6. The Bertz CT molecular complexity index is 1010. The Labute approximate surface area is 239 Å². The average Bonchev–Trinajstić information content (AvgIpc) is 3.39. The van der Waals surface area contributed by atoms with Crippen molar-refractivity contribution in [3.63, 3.8) is 0 Å². The third-order valence-corrected chi connectivity index (χ3v) is 6.68. The number of methoxy groups -OCH3 is 1. The highest BCUT2D eigenvalue weighted by molar-refractivity contribution is 7.11. The molecule has 0 aliphatic rings. The summed E-state index contributed by atoms with van der Waals surface area (Å²) < 4.78 is 9.06. The van der Waals surface area contributed by atoms with E-state index in [9.17, 15) is 14.7 Å². The van der Waals surface area contributed by atoms with E-state index in [0.717, 1.165) is 18.8 Å². The molecule has 0 saturated heterocycles. The van der Waals surface area contributed by atoms with Gasteiger partial charge in [0.1, 0.15) is 17.1 Å². The molecule has 39 heavy (non-hydrogen) atoms. The van der Waals surface area contributed by atoms with Gasteiger partial charge < -0.3 is 19.6 Å². The zero-order valence-corrected chi connectivity index (χ0v) is 26.4. The molecule has 0 aliphatic carbocycles. The van der Waals surface area contributed by atoms with Gasteiger partial charge in [0.25, 0.3) is 6.47 Å². The molecular weight excluding hydrogens is 514 g/mol. The fourth-order valence-corrected chi connectivity index (χ4v) is 4.10. The first kappa shape index (κ1) is 38.3. The SMILES string of the molecule is CC.CCc1ccc(CCC(C)C)s1.CN/C=C/CCC(C)c1cc(O)c(C(=O)C(C)C)c(=O)o1.COC=O. The lowest BCUT2D eigenvalue weighted by atomic mass is 9.99. The summed E-state index contributed by atoms with van der Waals surface area (Å²) in [6.45, 7) is 16.4. The number of aryl methyl sites for hydroxylation is 2. The highest BCUT2D eigenvalue weighted by atomic mass is 32.1. The molecule has 0 aliphatic heterocycles. The van der Waals surface area contributed by atoms with E-state index in [-0.39, 0.29) is 23.1 Å². The van der Waals surface area contributed by atoms with Crippen LogP contribution in [0.5, 0.6) is 5.75 Å². The molecule has 0 spiro atoms. The van der Waals surface area contributed by atoms with Gasteiger partial charge in [-0.05, 0) is 56.4 Å². The zero-order chi connectivity index (χ0) is 30.4. The summed E-state index contributed by atoms with van der Waals surface area (Å²) in [5.74, 6) is 0.143. The first-order chi connectivity index (χ1) is 18.5. The van der Waals surface area contributed by atoms with Crippen LogP contribution in [0.2, 0.25) is 0 Å². The monoisotopic (exact) mass is 565 g/mol. The van der Waals surface area contributed by atoms with Crippen LogP contribution < -0.4 is 10.9 Å². The van der Waals surface area contributed by atoms with Crippen LogP contribution in [-0.4, -0.2) is 31.5 Å². The molecule has 1 unspecified atom stereocenters. The van der Waals surface area contributed by atoms with E-state index in [1.165, 1.54) is 37.3 Å². The van der Waals surface area contributed by atoms with Gasteiger partial charge in [-0.15, -0.1) is 11.3 Å². The second-order valence-electron chi connectivity index (χ2n) is 9.37. The maximum atomic E-state index is 11.9. The largest absolute Gasteiger partial charge is 0.507 e. The topological polar surface area (TPSA) is 106 Å². The second-order valence-corrected chi connectivity index (χ2v) is 10.6. The molecule has 1 atom stereocenters. The molecule has 8 heteroatoms. The number of rotatable bonds is 12. The number of carbonyl (C=O) groups is 2. The molecule has 2 heterocycles. The van der Waals surface area contributed by atoms with Gasteiger partial charge in [-0.1, -0.05) is 61.5 Å². The Morgan fingerprint density at radius 2 is 1.72 bits per heavy atom. The van der Waals surface area contributed by atoms with Crippen LogP contribution in [0.1, 0.15) is 106 Å². The lowest BCUT2D eigenvalue weighted by Crippen LogP contribution is -2.19. The third kappa shape index (κ3) is 16.6. The summed E-state index contributed by atoms with van der Waals surface area (Å²) in [5, 5.41) is 12.8. The number of Topliss-reactive ketones (excluding diaryl/α,β-unsaturated/α-hetero) is 1. The van der Waals surface area contributed by atoms with Crippen LogP contribution in [0, 0.1) is 11.8 Å². The summed E-state index contributed by atoms with van der Waals surface area (Å²) in [4.78, 5) is 35.8. The Hall–Kier alpha value is -2.87. The van der Waals surface area contributed by atoms with Gasteiger partial charge in [0.2, 0.25) is 0 Å². The summed E-state index contributed by atoms with van der Waals surface area (Å²) >= 11 is 1.97. The fraction of sp³-hybridized carbons (Fsp3) is 0.581. The number of allylic oxidation sites excluding steroid dienone is 1. The first-order valence-corrected chi connectivity index (χ1v) is 14.6. The molecule has 0 amide bonds. The van der Waals surface area contributed by atoms with E-state index in [4.69, 9.17) is 9.21 Å². The smallest absolute Gasteiger partial charge is 0.350 e. The van der Waals surface area contributed by atoms with Gasteiger partial charge in [0, 0.05) is 34.7 Å². The number of carbonyl (C=O) groups excluding carboxylic acids is 2. The summed E-state index contributed by atoms with van der Waals surface area (Å²) in [6, 6.07) is 5.93. The van der Waals surface area contributed by atoms with Gasteiger partial charge in [0.05, 0.1) is 7.11 Å². The van der Waals surface area contributed by atoms with Crippen LogP contribution in [0.4, 0.5) is 0 Å². The quantitative estimate of drug-likeness (QED) is 0.202. The Morgan fingerprint density at radius 3 is 2.15 bits per heavy atom. The van der Waals surface area contributed by atoms with E-state index in [1.54, 1.807) is 18.7 Å². The van der Waals surface area contributed by atoms with Gasteiger partial charge in [-0.3, -0.25) is 9.59 Å². The average molecular weight is 566 g/mol. The van der Waals surface area contributed by atoms with Gasteiger partial charge in [-0.25, -0.2) is 4.79 Å². The maximum absolute atomic E-state index is 11.9. The van der Waals surface area contributed by atoms with Crippen molar-refractivity contribution in [3.8, 4) is 5.75 Å².